The Labute approximate surface area is 211 Å². The van der Waals surface area contributed by atoms with Gasteiger partial charge in [0.05, 0.1) is 0 Å². The Morgan fingerprint density at radius 2 is 1.86 bits per heavy atom. The van der Waals surface area contributed by atoms with Gasteiger partial charge in [-0.15, -0.1) is 0 Å². The Hall–Kier alpha value is -2.57. The quantitative estimate of drug-likeness (QED) is 0.416. The number of rotatable bonds is 11. The lowest BCUT2D eigenvalue weighted by Gasteiger charge is -2.44. The number of hydrogen-bond acceptors (Lipinski definition) is 4. The first-order valence-corrected chi connectivity index (χ1v) is 13.1. The number of aryl methyl sites for hydroxylation is 1. The number of amides is 3. The highest BCUT2D eigenvalue weighted by Gasteiger charge is 2.42. The van der Waals surface area contributed by atoms with Gasteiger partial charge in [-0.25, -0.2) is 4.79 Å². The minimum Gasteiger partial charge on any atom is -0.444 e. The molecule has 35 heavy (non-hydrogen) atoms. The van der Waals surface area contributed by atoms with Gasteiger partial charge < -0.3 is 20.3 Å². The average molecular weight is 488 g/mol. The molecule has 0 spiro atoms. The van der Waals surface area contributed by atoms with Crippen LogP contribution in [0.5, 0.6) is 0 Å². The molecule has 0 aromatic heterocycles. The summed E-state index contributed by atoms with van der Waals surface area (Å²) in [5, 5.41) is 5.86. The lowest BCUT2D eigenvalue weighted by Crippen LogP contribution is -2.57. The SMILES string of the molecule is CCCCNC(=O)C(c1cccc(C)c1)N(C(=O)C(CC(C)C)NC(=O)OC(C)(C)C)C1CCC1. The van der Waals surface area contributed by atoms with E-state index < -0.39 is 23.8 Å². The van der Waals surface area contributed by atoms with Crippen molar-refractivity contribution < 1.29 is 19.1 Å². The minimum atomic E-state index is -0.777. The molecule has 196 valence electrons. The second kappa shape index (κ2) is 12.9. The van der Waals surface area contributed by atoms with E-state index in [9.17, 15) is 14.4 Å². The molecule has 0 heterocycles. The van der Waals surface area contributed by atoms with Crippen molar-refractivity contribution in [2.45, 2.75) is 111 Å². The molecule has 1 fully saturated rings. The zero-order valence-electron chi connectivity index (χ0n) is 22.6. The van der Waals surface area contributed by atoms with E-state index >= 15 is 0 Å². The smallest absolute Gasteiger partial charge is 0.408 e. The normalized spacial score (nSPS) is 15.7. The molecular weight excluding hydrogens is 442 g/mol. The average Bonchev–Trinajstić information content (AvgIpc) is 2.69. The zero-order valence-corrected chi connectivity index (χ0v) is 22.6. The van der Waals surface area contributed by atoms with Crippen molar-refractivity contribution >= 4 is 17.9 Å². The van der Waals surface area contributed by atoms with Crippen molar-refractivity contribution in [2.24, 2.45) is 5.92 Å². The summed E-state index contributed by atoms with van der Waals surface area (Å²) >= 11 is 0. The molecule has 7 heteroatoms. The molecule has 2 rings (SSSR count). The number of carbonyl (C=O) groups excluding carboxylic acids is 3. The van der Waals surface area contributed by atoms with E-state index in [-0.39, 0.29) is 23.8 Å². The molecule has 3 amide bonds. The highest BCUT2D eigenvalue weighted by atomic mass is 16.6. The Bertz CT molecular complexity index is 858. The number of nitrogens with zero attached hydrogens (tertiary/aromatic N) is 1. The van der Waals surface area contributed by atoms with Gasteiger partial charge in [0.15, 0.2) is 0 Å². The number of benzene rings is 1. The second-order valence-corrected chi connectivity index (χ2v) is 11.1. The van der Waals surface area contributed by atoms with Gasteiger partial charge in [-0.05, 0) is 71.3 Å². The summed E-state index contributed by atoms with van der Waals surface area (Å²) in [5.74, 6) is -0.241. The van der Waals surface area contributed by atoms with Gasteiger partial charge in [-0.1, -0.05) is 57.0 Å². The van der Waals surface area contributed by atoms with E-state index in [1.54, 1.807) is 25.7 Å². The molecule has 2 N–H and O–H groups in total. The van der Waals surface area contributed by atoms with Crippen LogP contribution in [0.3, 0.4) is 0 Å². The van der Waals surface area contributed by atoms with Crippen LogP contribution in [0.25, 0.3) is 0 Å². The summed E-state index contributed by atoms with van der Waals surface area (Å²) in [5.41, 5.74) is 1.15. The number of carbonyl (C=O) groups is 3. The van der Waals surface area contributed by atoms with E-state index in [2.05, 4.69) is 17.6 Å². The Morgan fingerprint density at radius 3 is 2.37 bits per heavy atom. The van der Waals surface area contributed by atoms with Crippen molar-refractivity contribution in [3.05, 3.63) is 35.4 Å². The van der Waals surface area contributed by atoms with Crippen molar-refractivity contribution in [3.63, 3.8) is 0 Å². The van der Waals surface area contributed by atoms with Gasteiger partial charge in [0.2, 0.25) is 11.8 Å². The molecule has 0 aliphatic heterocycles. The molecule has 7 nitrogen and oxygen atoms in total. The number of alkyl carbamates (subject to hydrolysis) is 1. The lowest BCUT2D eigenvalue weighted by atomic mass is 9.87. The van der Waals surface area contributed by atoms with Crippen molar-refractivity contribution in [3.8, 4) is 0 Å². The molecule has 1 aliphatic carbocycles. The number of nitrogens with one attached hydrogen (secondary N) is 2. The maximum atomic E-state index is 14.1. The van der Waals surface area contributed by atoms with Crippen LogP contribution >= 0.6 is 0 Å². The molecule has 0 saturated heterocycles. The number of hydrogen-bond donors (Lipinski definition) is 2. The van der Waals surface area contributed by atoms with Crippen LogP contribution < -0.4 is 10.6 Å². The molecule has 1 aromatic rings. The van der Waals surface area contributed by atoms with Crippen LogP contribution in [0.1, 0.15) is 97.2 Å². The van der Waals surface area contributed by atoms with E-state index in [0.29, 0.717) is 13.0 Å². The van der Waals surface area contributed by atoms with Gasteiger partial charge in [-0.2, -0.15) is 0 Å². The third-order valence-electron chi connectivity index (χ3n) is 6.13. The first-order chi connectivity index (χ1) is 16.4. The maximum absolute atomic E-state index is 14.1. The second-order valence-electron chi connectivity index (χ2n) is 11.1. The summed E-state index contributed by atoms with van der Waals surface area (Å²) < 4.78 is 5.45. The van der Waals surface area contributed by atoms with Gasteiger partial charge in [0.1, 0.15) is 17.7 Å². The van der Waals surface area contributed by atoms with E-state index in [1.807, 2.05) is 45.0 Å². The Balaban J connectivity index is 2.44. The van der Waals surface area contributed by atoms with Crippen LogP contribution in [0.2, 0.25) is 0 Å². The fourth-order valence-corrected chi connectivity index (χ4v) is 4.27. The molecule has 2 atom stereocenters. The first-order valence-electron chi connectivity index (χ1n) is 13.1. The van der Waals surface area contributed by atoms with E-state index in [1.165, 1.54) is 0 Å². The fourth-order valence-electron chi connectivity index (χ4n) is 4.27. The third-order valence-corrected chi connectivity index (χ3v) is 6.13. The van der Waals surface area contributed by atoms with Crippen LogP contribution in [0.4, 0.5) is 4.79 Å². The molecule has 1 saturated carbocycles. The van der Waals surface area contributed by atoms with Crippen LogP contribution in [0, 0.1) is 12.8 Å². The topological polar surface area (TPSA) is 87.7 Å². The monoisotopic (exact) mass is 487 g/mol. The van der Waals surface area contributed by atoms with Crippen LogP contribution in [-0.2, 0) is 14.3 Å². The van der Waals surface area contributed by atoms with Gasteiger partial charge in [0.25, 0.3) is 0 Å². The molecule has 0 bridgehead atoms. The molecule has 2 unspecified atom stereocenters. The zero-order chi connectivity index (χ0) is 26.2. The Morgan fingerprint density at radius 1 is 1.17 bits per heavy atom. The maximum Gasteiger partial charge on any atom is 0.408 e. The molecule has 1 aliphatic rings. The van der Waals surface area contributed by atoms with Gasteiger partial charge in [0, 0.05) is 12.6 Å². The first kappa shape index (κ1) is 28.7. The molecular formula is C28H45N3O4. The third kappa shape index (κ3) is 8.86. The summed E-state index contributed by atoms with van der Waals surface area (Å²) in [6, 6.07) is 6.22. The standard InChI is InChI=1S/C28H45N3O4/c1-8-9-16-29-25(32)24(21-13-10-12-20(4)18-21)31(22-14-11-15-22)26(33)23(17-19(2)3)30-27(34)35-28(5,6)7/h10,12-13,18-19,22-24H,8-9,11,14-17H2,1-7H3,(H,29,32)(H,30,34). The van der Waals surface area contributed by atoms with Crippen LogP contribution in [0.15, 0.2) is 24.3 Å². The van der Waals surface area contributed by atoms with E-state index in [0.717, 1.165) is 43.2 Å². The summed E-state index contributed by atoms with van der Waals surface area (Å²) in [6.07, 6.45) is 4.38. The van der Waals surface area contributed by atoms with Gasteiger partial charge in [-0.3, -0.25) is 9.59 Å². The summed E-state index contributed by atoms with van der Waals surface area (Å²) in [6.45, 7) is 14.0. The number of unbranched alkanes of at least 4 members (excludes halogenated alkanes) is 1. The highest BCUT2D eigenvalue weighted by molar-refractivity contribution is 5.92. The predicted molar refractivity (Wildman–Crippen MR) is 139 cm³/mol. The highest BCUT2D eigenvalue weighted by Crippen LogP contribution is 2.34. The van der Waals surface area contributed by atoms with E-state index in [4.69, 9.17) is 4.74 Å². The largest absolute Gasteiger partial charge is 0.444 e. The molecule has 1 aromatic carbocycles. The number of ether oxygens (including phenoxy) is 1. The Kier molecular flexibility index (Phi) is 10.6. The van der Waals surface area contributed by atoms with Crippen molar-refractivity contribution in [1.29, 1.82) is 0 Å². The summed E-state index contributed by atoms with van der Waals surface area (Å²) in [4.78, 5) is 42.1. The molecule has 0 radical (unpaired) electrons. The summed E-state index contributed by atoms with van der Waals surface area (Å²) in [7, 11) is 0. The van der Waals surface area contributed by atoms with Crippen molar-refractivity contribution in [2.75, 3.05) is 6.54 Å². The van der Waals surface area contributed by atoms with Gasteiger partial charge >= 0.3 is 6.09 Å². The van der Waals surface area contributed by atoms with Crippen LogP contribution in [-0.4, -0.2) is 47.0 Å². The predicted octanol–water partition coefficient (Wildman–Crippen LogP) is 5.27. The minimum absolute atomic E-state index is 0.0416. The fraction of sp³-hybridized carbons (Fsp3) is 0.679. The lowest BCUT2D eigenvalue weighted by molar-refractivity contribution is -0.147. The van der Waals surface area contributed by atoms with Crippen molar-refractivity contribution in [1.82, 2.24) is 15.5 Å².